The summed E-state index contributed by atoms with van der Waals surface area (Å²) in [5, 5.41) is 8.72. The minimum Gasteiger partial charge on any atom is -0.198 e. The lowest BCUT2D eigenvalue weighted by Crippen LogP contribution is -2.25. The minimum absolute atomic E-state index is 0.200. The molecule has 0 aromatic rings. The van der Waals surface area contributed by atoms with Crippen molar-refractivity contribution in [2.45, 2.75) is 46.5 Å². The van der Waals surface area contributed by atoms with Gasteiger partial charge in [-0.1, -0.05) is 25.5 Å². The molecule has 1 nitrogen and oxygen atoms in total. The highest BCUT2D eigenvalue weighted by Gasteiger charge is 2.29. The first-order valence-electron chi connectivity index (χ1n) is 5.09. The first kappa shape index (κ1) is 10.3. The summed E-state index contributed by atoms with van der Waals surface area (Å²) in [6, 6.07) is 2.30. The smallest absolute Gasteiger partial charge is 0.0627 e. The summed E-state index contributed by atoms with van der Waals surface area (Å²) in [6.07, 6.45) is 6.68. The molecule has 1 heteroatoms. The lowest BCUT2D eigenvalue weighted by molar-refractivity contribution is 0.200. The molecule has 1 aliphatic rings. The maximum Gasteiger partial charge on any atom is 0.0627 e. The van der Waals surface area contributed by atoms with Crippen molar-refractivity contribution >= 4 is 0 Å². The molecule has 0 aliphatic heterocycles. The Labute approximate surface area is 81.5 Å². The third-order valence-corrected chi connectivity index (χ3v) is 3.28. The van der Waals surface area contributed by atoms with E-state index in [-0.39, 0.29) is 5.41 Å². The zero-order chi connectivity index (χ0) is 9.90. The van der Waals surface area contributed by atoms with Crippen molar-refractivity contribution in [3.63, 3.8) is 0 Å². The van der Waals surface area contributed by atoms with E-state index in [0.717, 1.165) is 0 Å². The van der Waals surface area contributed by atoms with E-state index in [1.807, 2.05) is 0 Å². The number of nitrogens with zero attached hydrogens (tertiary/aromatic N) is 1. The average Bonchev–Trinajstić information content (AvgIpc) is 2.05. The van der Waals surface area contributed by atoms with Gasteiger partial charge in [0.2, 0.25) is 0 Å². The zero-order valence-corrected chi connectivity index (χ0v) is 8.93. The van der Waals surface area contributed by atoms with Gasteiger partial charge in [0, 0.05) is 6.42 Å². The molecule has 0 bridgehead atoms. The minimum atomic E-state index is 0.200. The molecule has 0 fully saturated rings. The Morgan fingerprint density at radius 1 is 1.62 bits per heavy atom. The molecule has 0 spiro atoms. The number of rotatable bonds is 2. The maximum absolute atomic E-state index is 8.72. The molecular formula is C12H19N. The molecule has 0 N–H and O–H groups in total. The fourth-order valence-electron chi connectivity index (χ4n) is 2.02. The van der Waals surface area contributed by atoms with E-state index in [1.165, 1.54) is 24.8 Å². The Bertz CT molecular complexity index is 242. The molecule has 0 aromatic carbocycles. The van der Waals surface area contributed by atoms with E-state index in [4.69, 9.17) is 5.26 Å². The number of allylic oxidation sites excluding steroid dienone is 2. The number of hydrogen-bond donors (Lipinski definition) is 0. The summed E-state index contributed by atoms with van der Waals surface area (Å²) in [6.45, 7) is 6.64. The Balaban J connectivity index is 2.59. The van der Waals surface area contributed by atoms with E-state index >= 15 is 0 Å². The van der Waals surface area contributed by atoms with Gasteiger partial charge in [0.25, 0.3) is 0 Å². The summed E-state index contributed by atoms with van der Waals surface area (Å²) < 4.78 is 0. The van der Waals surface area contributed by atoms with E-state index in [2.05, 4.69) is 32.9 Å². The molecule has 0 radical (unpaired) electrons. The normalized spacial score (nSPS) is 23.5. The van der Waals surface area contributed by atoms with E-state index in [0.29, 0.717) is 12.3 Å². The Morgan fingerprint density at radius 3 is 2.77 bits per heavy atom. The van der Waals surface area contributed by atoms with Crippen LogP contribution in [0, 0.1) is 22.7 Å². The van der Waals surface area contributed by atoms with Gasteiger partial charge in [-0.05, 0) is 37.5 Å². The van der Waals surface area contributed by atoms with Crippen molar-refractivity contribution in [3.05, 3.63) is 11.6 Å². The van der Waals surface area contributed by atoms with Crippen LogP contribution in [-0.2, 0) is 0 Å². The Kier molecular flexibility index (Phi) is 3.14. The largest absolute Gasteiger partial charge is 0.198 e. The third-order valence-electron chi connectivity index (χ3n) is 3.28. The van der Waals surface area contributed by atoms with Crippen molar-refractivity contribution < 1.29 is 0 Å². The molecule has 0 saturated carbocycles. The molecule has 0 aromatic heterocycles. The predicted octanol–water partition coefficient (Wildman–Crippen LogP) is 3.67. The van der Waals surface area contributed by atoms with Gasteiger partial charge in [0.15, 0.2) is 0 Å². The van der Waals surface area contributed by atoms with Gasteiger partial charge >= 0.3 is 0 Å². The van der Waals surface area contributed by atoms with Gasteiger partial charge in [0.05, 0.1) is 6.07 Å². The van der Waals surface area contributed by atoms with Crippen LogP contribution < -0.4 is 0 Å². The van der Waals surface area contributed by atoms with Gasteiger partial charge in [-0.25, -0.2) is 0 Å². The van der Waals surface area contributed by atoms with Crippen LogP contribution in [-0.4, -0.2) is 0 Å². The number of hydrogen-bond acceptors (Lipinski definition) is 1. The highest BCUT2D eigenvalue weighted by Crippen LogP contribution is 2.39. The fraction of sp³-hybridized carbons (Fsp3) is 0.750. The van der Waals surface area contributed by atoms with Gasteiger partial charge in [-0.3, -0.25) is 0 Å². The molecule has 0 unspecified atom stereocenters. The molecule has 1 aliphatic carbocycles. The Hall–Kier alpha value is -0.770. The second kappa shape index (κ2) is 3.96. The summed E-state index contributed by atoms with van der Waals surface area (Å²) in [5.41, 5.74) is 1.72. The topological polar surface area (TPSA) is 23.8 Å². The molecular weight excluding hydrogens is 158 g/mol. The van der Waals surface area contributed by atoms with Gasteiger partial charge in [0.1, 0.15) is 0 Å². The van der Waals surface area contributed by atoms with Gasteiger partial charge in [-0.2, -0.15) is 5.26 Å². The van der Waals surface area contributed by atoms with E-state index in [1.54, 1.807) is 0 Å². The van der Waals surface area contributed by atoms with Crippen LogP contribution >= 0.6 is 0 Å². The highest BCUT2D eigenvalue weighted by molar-refractivity contribution is 5.05. The second-order valence-electron chi connectivity index (χ2n) is 4.85. The summed E-state index contributed by atoms with van der Waals surface area (Å²) in [7, 11) is 0. The summed E-state index contributed by atoms with van der Waals surface area (Å²) >= 11 is 0. The van der Waals surface area contributed by atoms with Crippen LogP contribution in [0.3, 0.4) is 0 Å². The maximum atomic E-state index is 8.72. The van der Waals surface area contributed by atoms with Crippen molar-refractivity contribution in [1.82, 2.24) is 0 Å². The summed E-state index contributed by atoms with van der Waals surface area (Å²) in [4.78, 5) is 0. The van der Waals surface area contributed by atoms with Crippen LogP contribution in [0.2, 0.25) is 0 Å². The Morgan fingerprint density at radius 2 is 2.31 bits per heavy atom. The average molecular weight is 177 g/mol. The summed E-state index contributed by atoms with van der Waals surface area (Å²) in [5.74, 6) is 0.704. The van der Waals surface area contributed by atoms with Crippen molar-refractivity contribution in [2.24, 2.45) is 11.3 Å². The third kappa shape index (κ3) is 2.59. The van der Waals surface area contributed by atoms with Crippen LogP contribution in [0.25, 0.3) is 0 Å². The predicted molar refractivity (Wildman–Crippen MR) is 55.1 cm³/mol. The monoisotopic (exact) mass is 177 g/mol. The molecule has 1 rings (SSSR count). The molecule has 0 heterocycles. The number of nitriles is 1. The van der Waals surface area contributed by atoms with Crippen LogP contribution in [0.15, 0.2) is 11.6 Å². The molecule has 0 saturated heterocycles. The van der Waals surface area contributed by atoms with Crippen LogP contribution in [0.5, 0.6) is 0 Å². The first-order chi connectivity index (χ1) is 6.06. The SMILES string of the molecule is CC1=CC[C@@H](C(C)(C)CC#N)CC1. The molecule has 0 amide bonds. The van der Waals surface area contributed by atoms with Gasteiger partial charge < -0.3 is 0 Å². The van der Waals surface area contributed by atoms with E-state index < -0.39 is 0 Å². The van der Waals surface area contributed by atoms with E-state index in [9.17, 15) is 0 Å². The standard InChI is InChI=1S/C12H19N/c1-10-4-6-11(7-5-10)12(2,3)8-9-13/h4,11H,5-8H2,1-3H3/t11-/m1/s1. The quantitative estimate of drug-likeness (QED) is 0.590. The van der Waals surface area contributed by atoms with Crippen molar-refractivity contribution in [2.75, 3.05) is 0 Å². The molecule has 13 heavy (non-hydrogen) atoms. The van der Waals surface area contributed by atoms with Crippen LogP contribution in [0.1, 0.15) is 46.5 Å². The molecule has 72 valence electrons. The van der Waals surface area contributed by atoms with Crippen molar-refractivity contribution in [3.8, 4) is 6.07 Å². The van der Waals surface area contributed by atoms with Gasteiger partial charge in [-0.15, -0.1) is 0 Å². The highest BCUT2D eigenvalue weighted by atomic mass is 14.4. The first-order valence-corrected chi connectivity index (χ1v) is 5.09. The van der Waals surface area contributed by atoms with Crippen molar-refractivity contribution in [1.29, 1.82) is 5.26 Å². The zero-order valence-electron chi connectivity index (χ0n) is 8.93. The fourth-order valence-corrected chi connectivity index (χ4v) is 2.02. The van der Waals surface area contributed by atoms with Crippen LogP contribution in [0.4, 0.5) is 0 Å². The lowest BCUT2D eigenvalue weighted by Gasteiger charge is -2.34. The molecule has 1 atom stereocenters. The second-order valence-corrected chi connectivity index (χ2v) is 4.85. The lowest BCUT2D eigenvalue weighted by atomic mass is 9.70.